The number of aromatic nitrogens is 2. The predicted octanol–water partition coefficient (Wildman–Crippen LogP) is 3.54. The largest absolute Gasteiger partial charge is 0.373 e. The van der Waals surface area contributed by atoms with Gasteiger partial charge in [0.1, 0.15) is 18.0 Å². The van der Waals surface area contributed by atoms with Gasteiger partial charge >= 0.3 is 0 Å². The second kappa shape index (κ2) is 6.22. The van der Waals surface area contributed by atoms with Crippen molar-refractivity contribution in [2.75, 3.05) is 24.2 Å². The summed E-state index contributed by atoms with van der Waals surface area (Å²) >= 11 is 0. The first-order chi connectivity index (χ1) is 9.12. The maximum absolute atomic E-state index is 4.27. The van der Waals surface area contributed by atoms with Gasteiger partial charge in [0.25, 0.3) is 0 Å². The van der Waals surface area contributed by atoms with E-state index in [0.29, 0.717) is 5.41 Å². The van der Waals surface area contributed by atoms with E-state index in [4.69, 9.17) is 0 Å². The molecule has 0 spiro atoms. The second-order valence-electron chi connectivity index (χ2n) is 6.22. The first-order valence-electron chi connectivity index (χ1n) is 7.35. The Morgan fingerprint density at radius 2 is 1.84 bits per heavy atom. The highest BCUT2D eigenvalue weighted by Gasteiger charge is 2.30. The Morgan fingerprint density at radius 3 is 2.53 bits per heavy atom. The molecule has 0 saturated heterocycles. The zero-order chi connectivity index (χ0) is 13.7. The van der Waals surface area contributed by atoms with Crippen LogP contribution in [0.2, 0.25) is 0 Å². The molecule has 1 aliphatic rings. The number of hydrogen-bond donors (Lipinski definition) is 2. The van der Waals surface area contributed by atoms with Gasteiger partial charge in [-0.25, -0.2) is 9.97 Å². The average molecular weight is 262 g/mol. The van der Waals surface area contributed by atoms with E-state index in [0.717, 1.165) is 24.1 Å². The van der Waals surface area contributed by atoms with Gasteiger partial charge in [-0.2, -0.15) is 0 Å². The van der Waals surface area contributed by atoms with E-state index in [1.807, 2.05) is 13.1 Å². The Labute approximate surface area is 116 Å². The van der Waals surface area contributed by atoms with Gasteiger partial charge in [0.05, 0.1) is 0 Å². The van der Waals surface area contributed by atoms with Crippen molar-refractivity contribution >= 4 is 11.6 Å². The normalized spacial score (nSPS) is 17.2. The summed E-state index contributed by atoms with van der Waals surface area (Å²) in [6.45, 7) is 5.71. The maximum atomic E-state index is 4.27. The van der Waals surface area contributed by atoms with Crippen molar-refractivity contribution in [3.05, 3.63) is 12.4 Å². The summed E-state index contributed by atoms with van der Waals surface area (Å²) in [5.74, 6) is 2.59. The molecule has 19 heavy (non-hydrogen) atoms. The van der Waals surface area contributed by atoms with E-state index >= 15 is 0 Å². The van der Waals surface area contributed by atoms with E-state index in [1.54, 1.807) is 6.33 Å². The summed E-state index contributed by atoms with van der Waals surface area (Å²) in [4.78, 5) is 8.40. The quantitative estimate of drug-likeness (QED) is 0.852. The van der Waals surface area contributed by atoms with Crippen molar-refractivity contribution in [3.63, 3.8) is 0 Å². The van der Waals surface area contributed by atoms with Gasteiger partial charge in [-0.05, 0) is 24.2 Å². The molecule has 106 valence electrons. The summed E-state index contributed by atoms with van der Waals surface area (Å²) < 4.78 is 0. The third-order valence-electron chi connectivity index (χ3n) is 4.36. The van der Waals surface area contributed by atoms with Crippen molar-refractivity contribution < 1.29 is 0 Å². The first-order valence-corrected chi connectivity index (χ1v) is 7.35. The van der Waals surface area contributed by atoms with Crippen LogP contribution in [0.3, 0.4) is 0 Å². The molecule has 1 aromatic heterocycles. The fraction of sp³-hybridized carbons (Fsp3) is 0.733. The molecule has 2 rings (SSSR count). The average Bonchev–Trinajstić information content (AvgIpc) is 2.46. The lowest BCUT2D eigenvalue weighted by Gasteiger charge is -2.37. The summed E-state index contributed by atoms with van der Waals surface area (Å²) in [7, 11) is 1.87. The Kier molecular flexibility index (Phi) is 4.61. The summed E-state index contributed by atoms with van der Waals surface area (Å²) in [6, 6.07) is 1.96. The lowest BCUT2D eigenvalue weighted by Crippen LogP contribution is -2.33. The van der Waals surface area contributed by atoms with Gasteiger partial charge in [0.15, 0.2) is 0 Å². The SMILES string of the molecule is CNc1cc(NCC(C)(C)C2CCCCC2)ncn1. The van der Waals surface area contributed by atoms with Crippen molar-refractivity contribution in [2.24, 2.45) is 11.3 Å². The molecule has 0 amide bonds. The number of hydrogen-bond acceptors (Lipinski definition) is 4. The molecule has 0 bridgehead atoms. The molecular formula is C15H26N4. The fourth-order valence-electron chi connectivity index (χ4n) is 2.94. The van der Waals surface area contributed by atoms with Crippen LogP contribution in [-0.4, -0.2) is 23.6 Å². The van der Waals surface area contributed by atoms with Crippen LogP contribution in [0.1, 0.15) is 46.0 Å². The number of rotatable bonds is 5. The molecular weight excluding hydrogens is 236 g/mol. The van der Waals surface area contributed by atoms with Crippen LogP contribution in [-0.2, 0) is 0 Å². The van der Waals surface area contributed by atoms with Crippen LogP contribution >= 0.6 is 0 Å². The number of anilines is 2. The van der Waals surface area contributed by atoms with Crippen LogP contribution in [0, 0.1) is 11.3 Å². The predicted molar refractivity (Wildman–Crippen MR) is 80.4 cm³/mol. The molecule has 4 heteroatoms. The maximum Gasteiger partial charge on any atom is 0.131 e. The van der Waals surface area contributed by atoms with Crippen molar-refractivity contribution in [1.82, 2.24) is 9.97 Å². The molecule has 1 heterocycles. The van der Waals surface area contributed by atoms with E-state index < -0.39 is 0 Å². The summed E-state index contributed by atoms with van der Waals surface area (Å²) in [5, 5.41) is 6.50. The molecule has 4 nitrogen and oxygen atoms in total. The lowest BCUT2D eigenvalue weighted by molar-refractivity contribution is 0.171. The molecule has 1 aromatic rings. The molecule has 1 saturated carbocycles. The molecule has 0 unspecified atom stereocenters. The van der Waals surface area contributed by atoms with Crippen LogP contribution in [0.5, 0.6) is 0 Å². The van der Waals surface area contributed by atoms with Crippen molar-refractivity contribution in [1.29, 1.82) is 0 Å². The molecule has 0 aliphatic heterocycles. The number of nitrogens with one attached hydrogen (secondary N) is 2. The minimum Gasteiger partial charge on any atom is -0.373 e. The van der Waals surface area contributed by atoms with E-state index in [2.05, 4.69) is 34.4 Å². The Bertz CT molecular complexity index is 397. The molecule has 0 radical (unpaired) electrons. The number of nitrogens with zero attached hydrogens (tertiary/aromatic N) is 2. The Balaban J connectivity index is 1.92. The third-order valence-corrected chi connectivity index (χ3v) is 4.36. The monoisotopic (exact) mass is 262 g/mol. The lowest BCUT2D eigenvalue weighted by atomic mass is 9.71. The van der Waals surface area contributed by atoms with Gasteiger partial charge in [-0.15, -0.1) is 0 Å². The minimum absolute atomic E-state index is 0.325. The molecule has 2 N–H and O–H groups in total. The van der Waals surface area contributed by atoms with Gasteiger partial charge in [0, 0.05) is 19.7 Å². The van der Waals surface area contributed by atoms with E-state index in [-0.39, 0.29) is 0 Å². The Hall–Kier alpha value is -1.32. The molecule has 0 atom stereocenters. The van der Waals surface area contributed by atoms with E-state index in [9.17, 15) is 0 Å². The first kappa shape index (κ1) is 14.1. The second-order valence-corrected chi connectivity index (χ2v) is 6.22. The van der Waals surface area contributed by atoms with E-state index in [1.165, 1.54) is 32.1 Å². The summed E-state index contributed by atoms with van der Waals surface area (Å²) in [6.07, 6.45) is 8.55. The molecule has 0 aromatic carbocycles. The van der Waals surface area contributed by atoms with Crippen LogP contribution in [0.15, 0.2) is 12.4 Å². The van der Waals surface area contributed by atoms with Gasteiger partial charge < -0.3 is 10.6 Å². The molecule has 1 aliphatic carbocycles. The standard InChI is InChI=1S/C15H26N4/c1-15(2,12-7-5-4-6-8-12)10-17-14-9-13(16-3)18-11-19-14/h9,11-12H,4-8,10H2,1-3H3,(H2,16,17,18,19). The highest BCUT2D eigenvalue weighted by Crippen LogP contribution is 2.38. The van der Waals surface area contributed by atoms with Crippen LogP contribution in [0.4, 0.5) is 11.6 Å². The highest BCUT2D eigenvalue weighted by atomic mass is 15.1. The van der Waals surface area contributed by atoms with Gasteiger partial charge in [-0.1, -0.05) is 33.1 Å². The zero-order valence-corrected chi connectivity index (χ0v) is 12.4. The zero-order valence-electron chi connectivity index (χ0n) is 12.4. The fourth-order valence-corrected chi connectivity index (χ4v) is 2.94. The van der Waals surface area contributed by atoms with Crippen LogP contribution < -0.4 is 10.6 Å². The minimum atomic E-state index is 0.325. The topological polar surface area (TPSA) is 49.8 Å². The van der Waals surface area contributed by atoms with Gasteiger partial charge in [-0.3, -0.25) is 0 Å². The van der Waals surface area contributed by atoms with Gasteiger partial charge in [0.2, 0.25) is 0 Å². The highest BCUT2D eigenvalue weighted by molar-refractivity contribution is 5.45. The van der Waals surface area contributed by atoms with Crippen molar-refractivity contribution in [2.45, 2.75) is 46.0 Å². The van der Waals surface area contributed by atoms with Crippen molar-refractivity contribution in [3.8, 4) is 0 Å². The molecule has 1 fully saturated rings. The smallest absolute Gasteiger partial charge is 0.131 e. The Morgan fingerprint density at radius 1 is 1.16 bits per heavy atom. The third kappa shape index (κ3) is 3.82. The summed E-state index contributed by atoms with van der Waals surface area (Å²) in [5.41, 5.74) is 0.325. The van der Waals surface area contributed by atoms with Crippen LogP contribution in [0.25, 0.3) is 0 Å².